The molecule has 0 amide bonds. The lowest BCUT2D eigenvalue weighted by atomic mass is 9.89. The van der Waals surface area contributed by atoms with E-state index in [1.54, 1.807) is 0 Å². The Kier molecular flexibility index (Phi) is 5.34. The van der Waals surface area contributed by atoms with Gasteiger partial charge < -0.3 is 10.1 Å². The van der Waals surface area contributed by atoms with E-state index < -0.39 is 0 Å². The van der Waals surface area contributed by atoms with Crippen LogP contribution in [0.3, 0.4) is 0 Å². The molecular formula is C13H25NO. The van der Waals surface area contributed by atoms with Crippen molar-refractivity contribution in [1.82, 2.24) is 5.32 Å². The first kappa shape index (κ1) is 12.7. The highest BCUT2D eigenvalue weighted by Crippen LogP contribution is 2.30. The average molecular weight is 211 g/mol. The van der Waals surface area contributed by atoms with E-state index in [1.807, 2.05) is 6.08 Å². The quantitative estimate of drug-likeness (QED) is 0.654. The highest BCUT2D eigenvalue weighted by Gasteiger charge is 2.37. The largest absolute Gasteiger partial charge is 0.374 e. The van der Waals surface area contributed by atoms with Gasteiger partial charge in [0.15, 0.2) is 0 Å². The molecule has 0 saturated carbocycles. The number of allylic oxidation sites excluding steroid dienone is 1. The Balaban J connectivity index is 2.48. The molecule has 1 heterocycles. The van der Waals surface area contributed by atoms with Crippen LogP contribution in [0.15, 0.2) is 12.7 Å². The summed E-state index contributed by atoms with van der Waals surface area (Å²) in [6.45, 7) is 10.3. The first-order valence-electron chi connectivity index (χ1n) is 6.21. The monoisotopic (exact) mass is 211 g/mol. The van der Waals surface area contributed by atoms with Crippen LogP contribution in [0.1, 0.15) is 46.0 Å². The summed E-state index contributed by atoms with van der Waals surface area (Å²) in [5.41, 5.74) is 0.0537. The third kappa shape index (κ3) is 3.62. The van der Waals surface area contributed by atoms with Crippen molar-refractivity contribution in [3.8, 4) is 0 Å². The van der Waals surface area contributed by atoms with Crippen LogP contribution < -0.4 is 5.32 Å². The van der Waals surface area contributed by atoms with Gasteiger partial charge in [0.25, 0.3) is 0 Å². The molecule has 0 spiro atoms. The molecular weight excluding hydrogens is 186 g/mol. The topological polar surface area (TPSA) is 21.3 Å². The Bertz CT molecular complexity index is 185. The SMILES string of the molecule is C=CCCC(NCCC)C1(C)CCCO1. The van der Waals surface area contributed by atoms with E-state index in [1.165, 1.54) is 19.3 Å². The van der Waals surface area contributed by atoms with Crippen LogP contribution in [-0.2, 0) is 4.74 Å². The minimum atomic E-state index is 0.0537. The molecule has 15 heavy (non-hydrogen) atoms. The fourth-order valence-electron chi connectivity index (χ4n) is 2.30. The molecule has 88 valence electrons. The molecule has 0 aromatic heterocycles. The molecule has 0 aromatic carbocycles. The van der Waals surface area contributed by atoms with Crippen molar-refractivity contribution in [2.75, 3.05) is 13.2 Å². The van der Waals surface area contributed by atoms with E-state index in [-0.39, 0.29) is 5.60 Å². The van der Waals surface area contributed by atoms with Gasteiger partial charge in [0.1, 0.15) is 0 Å². The van der Waals surface area contributed by atoms with Gasteiger partial charge in [-0.3, -0.25) is 0 Å². The maximum atomic E-state index is 5.90. The molecule has 1 saturated heterocycles. The van der Waals surface area contributed by atoms with Gasteiger partial charge in [-0.05, 0) is 45.6 Å². The standard InChI is InChI=1S/C13H25NO/c1-4-6-8-12(14-10-5-2)13(3)9-7-11-15-13/h4,12,14H,1,5-11H2,2-3H3. The lowest BCUT2D eigenvalue weighted by Crippen LogP contribution is -2.48. The Hall–Kier alpha value is -0.340. The molecule has 1 N–H and O–H groups in total. The number of nitrogens with one attached hydrogen (secondary N) is 1. The van der Waals surface area contributed by atoms with Gasteiger partial charge in [-0.2, -0.15) is 0 Å². The molecule has 1 fully saturated rings. The zero-order valence-electron chi connectivity index (χ0n) is 10.2. The van der Waals surface area contributed by atoms with Crippen molar-refractivity contribution >= 4 is 0 Å². The summed E-state index contributed by atoms with van der Waals surface area (Å²) in [6, 6.07) is 0.484. The maximum absolute atomic E-state index is 5.90. The molecule has 1 rings (SSSR count). The summed E-state index contributed by atoms with van der Waals surface area (Å²) in [4.78, 5) is 0. The lowest BCUT2D eigenvalue weighted by Gasteiger charge is -2.34. The molecule has 0 aromatic rings. The third-order valence-electron chi connectivity index (χ3n) is 3.29. The van der Waals surface area contributed by atoms with Crippen molar-refractivity contribution in [1.29, 1.82) is 0 Å². The first-order chi connectivity index (χ1) is 7.23. The highest BCUT2D eigenvalue weighted by molar-refractivity contribution is 4.93. The van der Waals surface area contributed by atoms with E-state index >= 15 is 0 Å². The van der Waals surface area contributed by atoms with Crippen LogP contribution in [0.2, 0.25) is 0 Å². The third-order valence-corrected chi connectivity index (χ3v) is 3.29. The van der Waals surface area contributed by atoms with Crippen LogP contribution in [0.5, 0.6) is 0 Å². The van der Waals surface area contributed by atoms with Gasteiger partial charge in [0.2, 0.25) is 0 Å². The predicted molar refractivity (Wildman–Crippen MR) is 65.1 cm³/mol. The average Bonchev–Trinajstić information content (AvgIpc) is 2.66. The maximum Gasteiger partial charge on any atom is 0.0807 e. The minimum Gasteiger partial charge on any atom is -0.374 e. The normalized spacial score (nSPS) is 27.9. The van der Waals surface area contributed by atoms with Gasteiger partial charge in [-0.1, -0.05) is 13.0 Å². The number of hydrogen-bond acceptors (Lipinski definition) is 2. The van der Waals surface area contributed by atoms with Crippen LogP contribution in [-0.4, -0.2) is 24.8 Å². The molecule has 2 atom stereocenters. The van der Waals surface area contributed by atoms with Crippen LogP contribution >= 0.6 is 0 Å². The molecule has 2 heteroatoms. The fourth-order valence-corrected chi connectivity index (χ4v) is 2.30. The summed E-state index contributed by atoms with van der Waals surface area (Å²) in [7, 11) is 0. The molecule has 1 aliphatic rings. The molecule has 2 nitrogen and oxygen atoms in total. The second-order valence-corrected chi connectivity index (χ2v) is 4.64. The van der Waals surface area contributed by atoms with E-state index in [2.05, 4.69) is 25.7 Å². The summed E-state index contributed by atoms with van der Waals surface area (Å²) in [5, 5.41) is 3.61. The molecule has 2 unspecified atom stereocenters. The lowest BCUT2D eigenvalue weighted by molar-refractivity contribution is -0.0135. The van der Waals surface area contributed by atoms with Crippen molar-refractivity contribution in [3.05, 3.63) is 12.7 Å². The van der Waals surface area contributed by atoms with Crippen LogP contribution in [0.25, 0.3) is 0 Å². The first-order valence-corrected chi connectivity index (χ1v) is 6.21. The summed E-state index contributed by atoms with van der Waals surface area (Å²) < 4.78 is 5.90. The van der Waals surface area contributed by atoms with Crippen molar-refractivity contribution in [2.24, 2.45) is 0 Å². The van der Waals surface area contributed by atoms with Crippen LogP contribution in [0.4, 0.5) is 0 Å². The fraction of sp³-hybridized carbons (Fsp3) is 0.846. The Morgan fingerprint density at radius 1 is 1.60 bits per heavy atom. The second kappa shape index (κ2) is 6.29. The van der Waals surface area contributed by atoms with Crippen molar-refractivity contribution < 1.29 is 4.74 Å². The van der Waals surface area contributed by atoms with E-state index in [0.717, 1.165) is 26.0 Å². The molecule has 0 aliphatic carbocycles. The Labute approximate surface area is 94.1 Å². The Morgan fingerprint density at radius 2 is 2.40 bits per heavy atom. The minimum absolute atomic E-state index is 0.0537. The van der Waals surface area contributed by atoms with Gasteiger partial charge in [0.05, 0.1) is 5.60 Å². The summed E-state index contributed by atoms with van der Waals surface area (Å²) in [6.07, 6.45) is 7.78. The second-order valence-electron chi connectivity index (χ2n) is 4.64. The Morgan fingerprint density at radius 3 is 2.93 bits per heavy atom. The van der Waals surface area contributed by atoms with Gasteiger partial charge >= 0.3 is 0 Å². The number of hydrogen-bond donors (Lipinski definition) is 1. The molecule has 1 aliphatic heterocycles. The predicted octanol–water partition coefficient (Wildman–Crippen LogP) is 2.89. The summed E-state index contributed by atoms with van der Waals surface area (Å²) in [5.74, 6) is 0. The van der Waals surface area contributed by atoms with E-state index in [4.69, 9.17) is 4.74 Å². The highest BCUT2D eigenvalue weighted by atomic mass is 16.5. The van der Waals surface area contributed by atoms with Crippen LogP contribution in [0, 0.1) is 0 Å². The van der Waals surface area contributed by atoms with E-state index in [9.17, 15) is 0 Å². The number of rotatable bonds is 7. The zero-order valence-corrected chi connectivity index (χ0v) is 10.2. The smallest absolute Gasteiger partial charge is 0.0807 e. The van der Waals surface area contributed by atoms with E-state index in [0.29, 0.717) is 6.04 Å². The molecule has 0 bridgehead atoms. The van der Waals surface area contributed by atoms with Crippen molar-refractivity contribution in [3.63, 3.8) is 0 Å². The van der Waals surface area contributed by atoms with Gasteiger partial charge in [0, 0.05) is 12.6 Å². The van der Waals surface area contributed by atoms with Crippen molar-refractivity contribution in [2.45, 2.75) is 57.6 Å². The van der Waals surface area contributed by atoms with Gasteiger partial charge in [-0.25, -0.2) is 0 Å². The molecule has 0 radical (unpaired) electrons. The summed E-state index contributed by atoms with van der Waals surface area (Å²) >= 11 is 0. The van der Waals surface area contributed by atoms with Gasteiger partial charge in [-0.15, -0.1) is 6.58 Å². The zero-order chi connectivity index (χ0) is 11.1. The number of ether oxygens (including phenoxy) is 1.